The topological polar surface area (TPSA) is 29.1 Å². The zero-order chi connectivity index (χ0) is 9.23. The van der Waals surface area contributed by atoms with Gasteiger partial charge in [0, 0.05) is 6.42 Å². The molecule has 0 atom stereocenters. The molecule has 0 aromatic carbocycles. The first-order chi connectivity index (χ1) is 5.81. The Hall–Kier alpha value is -0.810. The molecule has 0 unspecified atom stereocenters. The first-order valence-electron chi connectivity index (χ1n) is 4.47. The number of ketones is 1. The van der Waals surface area contributed by atoms with Crippen LogP contribution < -0.4 is 5.32 Å². The predicted octanol–water partition coefficient (Wildman–Crippen LogP) is 1.36. The van der Waals surface area contributed by atoms with Crippen LogP contribution in [0.25, 0.3) is 0 Å². The van der Waals surface area contributed by atoms with Gasteiger partial charge in [0.15, 0.2) is 0 Å². The minimum absolute atomic E-state index is 0.263. The Bertz CT molecular complexity index is 158. The summed E-state index contributed by atoms with van der Waals surface area (Å²) in [6.45, 7) is 3.04. The van der Waals surface area contributed by atoms with Crippen LogP contribution in [-0.4, -0.2) is 18.9 Å². The number of carbonyl (C=O) groups excluding carboxylic acids is 1. The van der Waals surface area contributed by atoms with E-state index >= 15 is 0 Å². The first kappa shape index (κ1) is 11.2. The highest BCUT2D eigenvalue weighted by Gasteiger charge is 1.98. The Labute approximate surface area is 74.7 Å². The van der Waals surface area contributed by atoms with Crippen molar-refractivity contribution in [2.75, 3.05) is 13.1 Å². The minimum Gasteiger partial charge on any atom is -0.299 e. The molecule has 0 saturated heterocycles. The van der Waals surface area contributed by atoms with Crippen molar-refractivity contribution in [2.24, 2.45) is 0 Å². The van der Waals surface area contributed by atoms with E-state index in [2.05, 4.69) is 18.2 Å². The molecule has 0 aromatic heterocycles. The number of rotatable bonds is 7. The second-order valence-electron chi connectivity index (χ2n) is 2.80. The smallest absolute Gasteiger partial charge is 0.146 e. The SMILES string of the molecule is C#CCNCC(=O)CCCCC. The van der Waals surface area contributed by atoms with Crippen LogP contribution in [0.5, 0.6) is 0 Å². The van der Waals surface area contributed by atoms with Crippen molar-refractivity contribution in [3.8, 4) is 12.3 Å². The summed E-state index contributed by atoms with van der Waals surface area (Å²) in [7, 11) is 0. The molecule has 0 rings (SSSR count). The van der Waals surface area contributed by atoms with E-state index < -0.39 is 0 Å². The van der Waals surface area contributed by atoms with Gasteiger partial charge in [-0.15, -0.1) is 6.42 Å². The lowest BCUT2D eigenvalue weighted by atomic mass is 10.1. The van der Waals surface area contributed by atoms with Crippen LogP contribution in [0.2, 0.25) is 0 Å². The zero-order valence-corrected chi connectivity index (χ0v) is 7.73. The van der Waals surface area contributed by atoms with E-state index in [1.54, 1.807) is 0 Å². The molecule has 0 amide bonds. The molecule has 0 saturated carbocycles. The molecule has 2 heteroatoms. The summed E-state index contributed by atoms with van der Waals surface area (Å²) in [5.74, 6) is 2.69. The first-order valence-corrected chi connectivity index (χ1v) is 4.47. The van der Waals surface area contributed by atoms with Gasteiger partial charge in [0.05, 0.1) is 13.1 Å². The fourth-order valence-corrected chi connectivity index (χ4v) is 0.935. The molecule has 0 spiro atoms. The van der Waals surface area contributed by atoms with Gasteiger partial charge in [-0.25, -0.2) is 0 Å². The Kier molecular flexibility index (Phi) is 7.73. The van der Waals surface area contributed by atoms with Crippen molar-refractivity contribution in [1.29, 1.82) is 0 Å². The van der Waals surface area contributed by atoms with Gasteiger partial charge in [0.1, 0.15) is 5.78 Å². The van der Waals surface area contributed by atoms with Gasteiger partial charge in [-0.05, 0) is 6.42 Å². The number of carbonyl (C=O) groups is 1. The van der Waals surface area contributed by atoms with Crippen molar-refractivity contribution < 1.29 is 4.79 Å². The molecule has 0 aliphatic rings. The van der Waals surface area contributed by atoms with Gasteiger partial charge in [-0.2, -0.15) is 0 Å². The maximum Gasteiger partial charge on any atom is 0.146 e. The van der Waals surface area contributed by atoms with E-state index in [4.69, 9.17) is 6.42 Å². The summed E-state index contributed by atoms with van der Waals surface area (Å²) < 4.78 is 0. The normalized spacial score (nSPS) is 9.33. The molecule has 2 nitrogen and oxygen atoms in total. The number of hydrogen-bond acceptors (Lipinski definition) is 2. The third-order valence-corrected chi connectivity index (χ3v) is 1.61. The molecule has 0 aromatic rings. The third-order valence-electron chi connectivity index (χ3n) is 1.61. The van der Waals surface area contributed by atoms with Crippen molar-refractivity contribution >= 4 is 5.78 Å². The van der Waals surface area contributed by atoms with Crippen LogP contribution in [0.15, 0.2) is 0 Å². The average molecular weight is 167 g/mol. The van der Waals surface area contributed by atoms with Gasteiger partial charge in [0.25, 0.3) is 0 Å². The van der Waals surface area contributed by atoms with E-state index in [1.807, 2.05) is 0 Å². The number of terminal acetylenes is 1. The molecule has 1 N–H and O–H groups in total. The van der Waals surface area contributed by atoms with Gasteiger partial charge < -0.3 is 0 Å². The summed E-state index contributed by atoms with van der Waals surface area (Å²) in [4.78, 5) is 11.1. The van der Waals surface area contributed by atoms with Gasteiger partial charge in [0.2, 0.25) is 0 Å². The van der Waals surface area contributed by atoms with Crippen LogP contribution in [0.4, 0.5) is 0 Å². The average Bonchev–Trinajstić information content (AvgIpc) is 2.06. The molecule has 0 radical (unpaired) electrons. The van der Waals surface area contributed by atoms with Gasteiger partial charge in [-0.3, -0.25) is 10.1 Å². The molecular weight excluding hydrogens is 150 g/mol. The van der Waals surface area contributed by atoms with Crippen LogP contribution in [0, 0.1) is 12.3 Å². The van der Waals surface area contributed by atoms with Crippen molar-refractivity contribution in [3.63, 3.8) is 0 Å². The maximum absolute atomic E-state index is 11.1. The highest BCUT2D eigenvalue weighted by atomic mass is 16.1. The Morgan fingerprint density at radius 1 is 1.50 bits per heavy atom. The monoisotopic (exact) mass is 167 g/mol. The summed E-state index contributed by atoms with van der Waals surface area (Å²) in [6.07, 6.45) is 9.00. The number of nitrogens with one attached hydrogen (secondary N) is 1. The second kappa shape index (κ2) is 8.29. The number of Topliss-reactive ketones (excluding diaryl/α,β-unsaturated/α-hetero) is 1. The van der Waals surface area contributed by atoms with Crippen LogP contribution in [0.1, 0.15) is 32.6 Å². The molecule has 0 fully saturated rings. The molecule has 12 heavy (non-hydrogen) atoms. The zero-order valence-electron chi connectivity index (χ0n) is 7.73. The largest absolute Gasteiger partial charge is 0.299 e. The van der Waals surface area contributed by atoms with Crippen molar-refractivity contribution in [2.45, 2.75) is 32.6 Å². The Balaban J connectivity index is 3.17. The highest BCUT2D eigenvalue weighted by Crippen LogP contribution is 1.98. The van der Waals surface area contributed by atoms with Crippen LogP contribution in [-0.2, 0) is 4.79 Å². The summed E-state index contributed by atoms with van der Waals surface area (Å²) >= 11 is 0. The third kappa shape index (κ3) is 7.30. The Morgan fingerprint density at radius 2 is 2.25 bits per heavy atom. The predicted molar refractivity (Wildman–Crippen MR) is 50.9 cm³/mol. The lowest BCUT2D eigenvalue weighted by molar-refractivity contribution is -0.118. The minimum atomic E-state index is 0.263. The highest BCUT2D eigenvalue weighted by molar-refractivity contribution is 5.80. The Morgan fingerprint density at radius 3 is 2.83 bits per heavy atom. The van der Waals surface area contributed by atoms with E-state index in [0.29, 0.717) is 19.5 Å². The molecule has 0 aliphatic carbocycles. The summed E-state index contributed by atoms with van der Waals surface area (Å²) in [5.41, 5.74) is 0. The van der Waals surface area contributed by atoms with E-state index in [0.717, 1.165) is 19.3 Å². The van der Waals surface area contributed by atoms with Crippen LogP contribution >= 0.6 is 0 Å². The van der Waals surface area contributed by atoms with Gasteiger partial charge in [-0.1, -0.05) is 25.7 Å². The number of hydrogen-bond donors (Lipinski definition) is 1. The fraction of sp³-hybridized carbons (Fsp3) is 0.700. The molecule has 0 aliphatic heterocycles. The quantitative estimate of drug-likeness (QED) is 0.458. The van der Waals surface area contributed by atoms with Gasteiger partial charge >= 0.3 is 0 Å². The maximum atomic E-state index is 11.1. The lowest BCUT2D eigenvalue weighted by Gasteiger charge is -1.99. The molecule has 68 valence electrons. The van der Waals surface area contributed by atoms with E-state index in [9.17, 15) is 4.79 Å². The molecular formula is C10H17NO. The summed E-state index contributed by atoms with van der Waals surface area (Å²) in [5, 5.41) is 2.88. The second-order valence-corrected chi connectivity index (χ2v) is 2.80. The van der Waals surface area contributed by atoms with E-state index in [-0.39, 0.29) is 5.78 Å². The van der Waals surface area contributed by atoms with Crippen molar-refractivity contribution in [3.05, 3.63) is 0 Å². The van der Waals surface area contributed by atoms with Crippen molar-refractivity contribution in [1.82, 2.24) is 5.32 Å². The van der Waals surface area contributed by atoms with Crippen LogP contribution in [0.3, 0.4) is 0 Å². The number of unbranched alkanes of at least 4 members (excludes halogenated alkanes) is 2. The lowest BCUT2D eigenvalue weighted by Crippen LogP contribution is -2.22. The molecule has 0 bridgehead atoms. The fourth-order valence-electron chi connectivity index (χ4n) is 0.935. The summed E-state index contributed by atoms with van der Waals surface area (Å²) in [6, 6.07) is 0. The van der Waals surface area contributed by atoms with E-state index in [1.165, 1.54) is 0 Å². The molecule has 0 heterocycles. The standard InChI is InChI=1S/C10H17NO/c1-3-5-6-7-10(12)9-11-8-4-2/h2,11H,3,5-9H2,1H3.